The van der Waals surface area contributed by atoms with Crippen LogP contribution in [-0.4, -0.2) is 4.98 Å². The molecule has 1 aromatic heterocycles. The van der Waals surface area contributed by atoms with Crippen molar-refractivity contribution in [2.75, 3.05) is 0 Å². The van der Waals surface area contributed by atoms with E-state index in [-0.39, 0.29) is 0 Å². The molecule has 0 aromatic carbocycles. The normalized spacial score (nSPS) is 15.8. The fourth-order valence-electron chi connectivity index (χ4n) is 1.91. The number of nitrogens with one attached hydrogen (secondary N) is 1. The van der Waals surface area contributed by atoms with Gasteiger partial charge < -0.3 is 4.98 Å². The fraction of sp³-hybridized carbons (Fsp3) is 0.500. The highest BCUT2D eigenvalue weighted by molar-refractivity contribution is 7.71. The quantitative estimate of drug-likeness (QED) is 0.605. The Hall–Kier alpha value is -0.630. The molecule has 1 aromatic rings. The minimum atomic E-state index is 0.913. The van der Waals surface area contributed by atoms with Crippen molar-refractivity contribution in [1.82, 2.24) is 4.98 Å². The van der Waals surface area contributed by atoms with Gasteiger partial charge in [0.05, 0.1) is 0 Å². The molecule has 1 aliphatic carbocycles. The van der Waals surface area contributed by atoms with Gasteiger partial charge in [0, 0.05) is 6.20 Å². The summed E-state index contributed by atoms with van der Waals surface area (Å²) in [7, 11) is 0. The third-order valence-corrected chi connectivity index (χ3v) is 3.11. The van der Waals surface area contributed by atoms with E-state index in [4.69, 9.17) is 12.2 Å². The number of aromatic nitrogens is 1. The first kappa shape index (κ1) is 7.99. The zero-order valence-corrected chi connectivity index (χ0v) is 8.13. The maximum Gasteiger partial charge on any atom is 0.106 e. The van der Waals surface area contributed by atoms with E-state index in [0.717, 1.165) is 4.64 Å². The first-order chi connectivity index (χ1) is 5.79. The van der Waals surface area contributed by atoms with Gasteiger partial charge in [-0.1, -0.05) is 12.2 Å². The highest BCUT2D eigenvalue weighted by Gasteiger charge is 2.11. The van der Waals surface area contributed by atoms with Gasteiger partial charge >= 0.3 is 0 Å². The number of H-pyrrole nitrogens is 1. The number of hydrogen-bond acceptors (Lipinski definition) is 1. The summed E-state index contributed by atoms with van der Waals surface area (Å²) in [6.45, 7) is 2.13. The molecule has 64 valence electrons. The van der Waals surface area contributed by atoms with Crippen molar-refractivity contribution in [3.8, 4) is 0 Å². The molecule has 0 radical (unpaired) electrons. The molecule has 2 heteroatoms. The first-order valence-corrected chi connectivity index (χ1v) is 4.90. The molecule has 0 saturated heterocycles. The Morgan fingerprint density at radius 2 is 2.08 bits per heavy atom. The Bertz CT molecular complexity index is 351. The average Bonchev–Trinajstić information content (AvgIpc) is 2.12. The minimum absolute atomic E-state index is 0.913. The van der Waals surface area contributed by atoms with Crippen LogP contribution in [0.25, 0.3) is 0 Å². The highest BCUT2D eigenvalue weighted by Crippen LogP contribution is 2.23. The van der Waals surface area contributed by atoms with Gasteiger partial charge in [0.15, 0.2) is 0 Å². The molecule has 0 fully saturated rings. The Morgan fingerprint density at radius 3 is 2.92 bits per heavy atom. The number of rotatable bonds is 0. The maximum atomic E-state index is 5.18. The van der Waals surface area contributed by atoms with Crippen LogP contribution in [0.3, 0.4) is 0 Å². The van der Waals surface area contributed by atoms with E-state index in [0.29, 0.717) is 0 Å². The summed E-state index contributed by atoms with van der Waals surface area (Å²) in [6, 6.07) is 0. The van der Waals surface area contributed by atoms with E-state index < -0.39 is 0 Å². The van der Waals surface area contributed by atoms with Crippen LogP contribution < -0.4 is 0 Å². The van der Waals surface area contributed by atoms with E-state index >= 15 is 0 Å². The largest absolute Gasteiger partial charge is 0.352 e. The second-order valence-electron chi connectivity index (χ2n) is 3.45. The smallest absolute Gasteiger partial charge is 0.106 e. The number of hydrogen-bond donors (Lipinski definition) is 1. The first-order valence-electron chi connectivity index (χ1n) is 4.49. The van der Waals surface area contributed by atoms with Gasteiger partial charge in [-0.3, -0.25) is 0 Å². The van der Waals surface area contributed by atoms with Crippen molar-refractivity contribution in [2.45, 2.75) is 32.6 Å². The van der Waals surface area contributed by atoms with Crippen LogP contribution in [-0.2, 0) is 12.8 Å². The minimum Gasteiger partial charge on any atom is -0.352 e. The van der Waals surface area contributed by atoms with E-state index in [1.807, 2.05) is 0 Å². The summed E-state index contributed by atoms with van der Waals surface area (Å²) < 4.78 is 0.913. The number of pyridine rings is 1. The van der Waals surface area contributed by atoms with Crippen molar-refractivity contribution < 1.29 is 0 Å². The molecule has 0 atom stereocenters. The van der Waals surface area contributed by atoms with Gasteiger partial charge in [-0.05, 0) is 49.3 Å². The Morgan fingerprint density at radius 1 is 1.33 bits per heavy atom. The predicted octanol–water partition coefficient (Wildman–Crippen LogP) is 2.93. The lowest BCUT2D eigenvalue weighted by atomic mass is 9.91. The summed E-state index contributed by atoms with van der Waals surface area (Å²) in [5.41, 5.74) is 4.28. The molecule has 0 saturated carbocycles. The van der Waals surface area contributed by atoms with Gasteiger partial charge in [-0.25, -0.2) is 0 Å². The molecule has 0 spiro atoms. The molecule has 1 aliphatic rings. The number of aromatic amines is 1. The molecule has 1 heterocycles. The zero-order chi connectivity index (χ0) is 8.55. The predicted molar refractivity (Wildman–Crippen MR) is 53.0 cm³/mol. The van der Waals surface area contributed by atoms with Crippen LogP contribution in [0.2, 0.25) is 0 Å². The molecule has 0 amide bonds. The molecule has 0 aliphatic heterocycles. The van der Waals surface area contributed by atoms with Gasteiger partial charge in [-0.2, -0.15) is 0 Å². The Kier molecular flexibility index (Phi) is 2.01. The summed E-state index contributed by atoms with van der Waals surface area (Å²) in [5, 5.41) is 0. The van der Waals surface area contributed by atoms with E-state index in [1.165, 1.54) is 42.4 Å². The third-order valence-electron chi connectivity index (χ3n) is 2.68. The molecule has 1 nitrogen and oxygen atoms in total. The molecule has 0 bridgehead atoms. The SMILES string of the molecule is Cc1c2c(c[nH]c1=S)CCCC2. The van der Waals surface area contributed by atoms with Crippen molar-refractivity contribution >= 4 is 12.2 Å². The standard InChI is InChI=1S/C10H13NS/c1-7-9-5-3-2-4-8(9)6-11-10(7)12/h6H,2-5H2,1H3,(H,11,12). The third kappa shape index (κ3) is 1.20. The molecule has 1 N–H and O–H groups in total. The fourth-order valence-corrected chi connectivity index (χ4v) is 2.10. The van der Waals surface area contributed by atoms with Crippen LogP contribution in [0.5, 0.6) is 0 Å². The zero-order valence-electron chi connectivity index (χ0n) is 7.31. The van der Waals surface area contributed by atoms with Gasteiger partial charge in [0.1, 0.15) is 4.64 Å². The lowest BCUT2D eigenvalue weighted by molar-refractivity contribution is 0.677. The van der Waals surface area contributed by atoms with Gasteiger partial charge in [-0.15, -0.1) is 0 Å². The van der Waals surface area contributed by atoms with Crippen molar-refractivity contribution in [1.29, 1.82) is 0 Å². The molecular formula is C10H13NS. The number of fused-ring (bicyclic) bond motifs is 1. The van der Waals surface area contributed by atoms with Crippen molar-refractivity contribution in [3.05, 3.63) is 27.5 Å². The highest BCUT2D eigenvalue weighted by atomic mass is 32.1. The summed E-state index contributed by atoms with van der Waals surface area (Å²) >= 11 is 5.18. The summed E-state index contributed by atoms with van der Waals surface area (Å²) in [6.07, 6.45) is 7.19. The van der Waals surface area contributed by atoms with E-state index in [2.05, 4.69) is 18.1 Å². The van der Waals surface area contributed by atoms with Crippen LogP contribution in [0.1, 0.15) is 29.5 Å². The van der Waals surface area contributed by atoms with Crippen LogP contribution >= 0.6 is 12.2 Å². The lowest BCUT2D eigenvalue weighted by Gasteiger charge is -2.17. The van der Waals surface area contributed by atoms with E-state index in [9.17, 15) is 0 Å². The molecule has 0 unspecified atom stereocenters. The summed E-state index contributed by atoms with van der Waals surface area (Å²) in [5.74, 6) is 0. The lowest BCUT2D eigenvalue weighted by Crippen LogP contribution is -2.05. The van der Waals surface area contributed by atoms with Gasteiger partial charge in [0.2, 0.25) is 0 Å². The Balaban J connectivity index is 2.61. The van der Waals surface area contributed by atoms with Crippen molar-refractivity contribution in [2.24, 2.45) is 0 Å². The Labute approximate surface area is 77.8 Å². The van der Waals surface area contributed by atoms with Crippen LogP contribution in [0.15, 0.2) is 6.20 Å². The average molecular weight is 179 g/mol. The van der Waals surface area contributed by atoms with E-state index in [1.54, 1.807) is 0 Å². The molecular weight excluding hydrogens is 166 g/mol. The van der Waals surface area contributed by atoms with Crippen molar-refractivity contribution in [3.63, 3.8) is 0 Å². The monoisotopic (exact) mass is 179 g/mol. The molecule has 12 heavy (non-hydrogen) atoms. The topological polar surface area (TPSA) is 15.8 Å². The second kappa shape index (κ2) is 3.02. The second-order valence-corrected chi connectivity index (χ2v) is 3.86. The van der Waals surface area contributed by atoms with Gasteiger partial charge in [0.25, 0.3) is 0 Å². The number of aryl methyl sites for hydroxylation is 1. The van der Waals surface area contributed by atoms with Crippen LogP contribution in [0, 0.1) is 11.6 Å². The molecule has 2 rings (SSSR count). The summed E-state index contributed by atoms with van der Waals surface area (Å²) in [4.78, 5) is 3.14. The maximum absolute atomic E-state index is 5.18. The van der Waals surface area contributed by atoms with Crippen LogP contribution in [0.4, 0.5) is 0 Å².